The fourth-order valence-electron chi connectivity index (χ4n) is 5.01. The lowest BCUT2D eigenvalue weighted by Gasteiger charge is -2.43. The molecule has 0 unspecified atom stereocenters. The maximum Gasteiger partial charge on any atom is 0.0165 e. The van der Waals surface area contributed by atoms with Gasteiger partial charge < -0.3 is 0 Å². The number of hydrogen-bond donors (Lipinski definition) is 0. The molecular weight excluding hydrogens is 296 g/mol. The second-order valence-electron chi connectivity index (χ2n) is 8.50. The number of hydrogen-bond acceptors (Lipinski definition) is 1. The molecule has 0 nitrogen and oxygen atoms in total. The largest absolute Gasteiger partial charge is 0.148 e. The second kappa shape index (κ2) is 10.4. The fourth-order valence-corrected chi connectivity index (χ4v) is 7.41. The predicted molar refractivity (Wildman–Crippen MR) is 108 cm³/mol. The molecule has 2 saturated carbocycles. The predicted octanol–water partition coefficient (Wildman–Crippen LogP) is 8.29. The van der Waals surface area contributed by atoms with Crippen molar-refractivity contribution in [3.05, 3.63) is 0 Å². The molecule has 0 bridgehead atoms. The Bertz CT molecular complexity index is 263. The van der Waals surface area contributed by atoms with Crippen LogP contribution in [-0.2, 0) is 0 Å². The molecule has 0 saturated heterocycles. The molecule has 23 heavy (non-hydrogen) atoms. The molecule has 2 rings (SSSR count). The van der Waals surface area contributed by atoms with Crippen molar-refractivity contribution in [2.24, 2.45) is 0 Å². The van der Waals surface area contributed by atoms with Gasteiger partial charge >= 0.3 is 0 Å². The molecule has 0 aromatic heterocycles. The average molecular weight is 339 g/mol. The molecular formula is C22H42S. The third-order valence-corrected chi connectivity index (χ3v) is 8.53. The monoisotopic (exact) mass is 338 g/mol. The van der Waals surface area contributed by atoms with Crippen LogP contribution < -0.4 is 0 Å². The van der Waals surface area contributed by atoms with Crippen LogP contribution in [0, 0.1) is 0 Å². The zero-order valence-electron chi connectivity index (χ0n) is 16.1. The summed E-state index contributed by atoms with van der Waals surface area (Å²) in [7, 11) is 0. The van der Waals surface area contributed by atoms with Crippen LogP contribution in [0.3, 0.4) is 0 Å². The van der Waals surface area contributed by atoms with Crippen LogP contribution in [0.5, 0.6) is 0 Å². The number of rotatable bonds is 8. The van der Waals surface area contributed by atoms with Gasteiger partial charge in [0, 0.05) is 9.49 Å². The summed E-state index contributed by atoms with van der Waals surface area (Å²) in [4.78, 5) is 0. The molecule has 0 N–H and O–H groups in total. The van der Waals surface area contributed by atoms with Crippen LogP contribution >= 0.6 is 11.8 Å². The van der Waals surface area contributed by atoms with Crippen molar-refractivity contribution >= 4 is 11.8 Å². The number of thioether (sulfide) groups is 1. The van der Waals surface area contributed by atoms with Gasteiger partial charge in [-0.1, -0.05) is 90.9 Å². The maximum absolute atomic E-state index is 2.54. The molecule has 0 radical (unpaired) electrons. The first-order valence-corrected chi connectivity index (χ1v) is 11.8. The summed E-state index contributed by atoms with van der Waals surface area (Å²) >= 11 is 2.54. The molecule has 0 heterocycles. The summed E-state index contributed by atoms with van der Waals surface area (Å²) in [5.74, 6) is 0. The third kappa shape index (κ3) is 6.29. The third-order valence-electron chi connectivity index (χ3n) is 6.43. The van der Waals surface area contributed by atoms with E-state index in [1.54, 1.807) is 0 Å². The first kappa shape index (κ1) is 19.7. The minimum atomic E-state index is 0.643. The smallest absolute Gasteiger partial charge is 0.0165 e. The van der Waals surface area contributed by atoms with E-state index in [4.69, 9.17) is 0 Å². The molecule has 1 heteroatoms. The van der Waals surface area contributed by atoms with Crippen molar-refractivity contribution in [3.63, 3.8) is 0 Å². The van der Waals surface area contributed by atoms with Gasteiger partial charge in [-0.25, -0.2) is 0 Å². The molecule has 2 aliphatic rings. The van der Waals surface area contributed by atoms with E-state index < -0.39 is 0 Å². The normalized spacial score (nSPS) is 24.8. The van der Waals surface area contributed by atoms with Crippen LogP contribution in [0.25, 0.3) is 0 Å². The van der Waals surface area contributed by atoms with Gasteiger partial charge in [0.05, 0.1) is 0 Å². The van der Waals surface area contributed by atoms with Crippen molar-refractivity contribution in [3.8, 4) is 0 Å². The van der Waals surface area contributed by atoms with Crippen LogP contribution in [0.1, 0.15) is 129 Å². The van der Waals surface area contributed by atoms with Gasteiger partial charge in [0.15, 0.2) is 0 Å². The Kier molecular flexibility index (Phi) is 8.87. The van der Waals surface area contributed by atoms with Crippen molar-refractivity contribution in [1.29, 1.82) is 0 Å². The highest BCUT2D eigenvalue weighted by Gasteiger charge is 2.41. The van der Waals surface area contributed by atoms with Crippen molar-refractivity contribution in [1.82, 2.24) is 0 Å². The van der Waals surface area contributed by atoms with Crippen molar-refractivity contribution in [2.45, 2.75) is 139 Å². The standard InChI is InChI=1S/C22H42S/c1-3-5-15-21(17-11-7-8-12-18-21)23-22(16-6-4-2)19-13-9-10-14-20-22/h3-20H2,1-2H3. The maximum atomic E-state index is 2.54. The van der Waals surface area contributed by atoms with Crippen molar-refractivity contribution in [2.75, 3.05) is 0 Å². The SMILES string of the molecule is CCCCC1(SC2(CCCC)CCCCCC2)CCCCCC1. The van der Waals surface area contributed by atoms with Gasteiger partial charge in [-0.3, -0.25) is 0 Å². The van der Waals surface area contributed by atoms with Gasteiger partial charge in [0.2, 0.25) is 0 Å². The number of unbranched alkanes of at least 4 members (excludes halogenated alkanes) is 2. The highest BCUT2D eigenvalue weighted by Crippen LogP contribution is 2.54. The van der Waals surface area contributed by atoms with E-state index in [0.29, 0.717) is 9.49 Å². The van der Waals surface area contributed by atoms with Crippen LogP contribution in [0.2, 0.25) is 0 Å². The topological polar surface area (TPSA) is 0 Å². The average Bonchev–Trinajstić information content (AvgIpc) is 2.93. The van der Waals surface area contributed by atoms with E-state index in [-0.39, 0.29) is 0 Å². The minimum Gasteiger partial charge on any atom is -0.148 e. The Balaban J connectivity index is 2.13. The Morgan fingerprint density at radius 1 is 0.565 bits per heavy atom. The fraction of sp³-hybridized carbons (Fsp3) is 1.00. The summed E-state index contributed by atoms with van der Waals surface area (Å²) in [6, 6.07) is 0. The van der Waals surface area contributed by atoms with Crippen molar-refractivity contribution < 1.29 is 0 Å². The van der Waals surface area contributed by atoms with Crippen LogP contribution in [0.4, 0.5) is 0 Å². The summed E-state index contributed by atoms with van der Waals surface area (Å²) in [6.45, 7) is 4.77. The van der Waals surface area contributed by atoms with E-state index >= 15 is 0 Å². The van der Waals surface area contributed by atoms with E-state index in [9.17, 15) is 0 Å². The molecule has 0 aliphatic heterocycles. The van der Waals surface area contributed by atoms with Gasteiger partial charge in [0.1, 0.15) is 0 Å². The summed E-state index contributed by atoms with van der Waals surface area (Å²) < 4.78 is 1.29. The Labute approximate surface area is 151 Å². The zero-order chi connectivity index (χ0) is 16.4. The quantitative estimate of drug-likeness (QED) is 0.401. The van der Waals surface area contributed by atoms with E-state index in [0.717, 1.165) is 0 Å². The van der Waals surface area contributed by atoms with E-state index in [1.165, 1.54) is 116 Å². The molecule has 0 aromatic rings. The first-order valence-electron chi connectivity index (χ1n) is 10.9. The van der Waals surface area contributed by atoms with Gasteiger partial charge in [-0.15, -0.1) is 11.8 Å². The lowest BCUT2D eigenvalue weighted by Crippen LogP contribution is -2.35. The summed E-state index contributed by atoms with van der Waals surface area (Å²) in [5.41, 5.74) is 0. The highest BCUT2D eigenvalue weighted by atomic mass is 32.2. The Morgan fingerprint density at radius 2 is 0.913 bits per heavy atom. The molecule has 2 aliphatic carbocycles. The lowest BCUT2D eigenvalue weighted by atomic mass is 9.91. The molecule has 0 aromatic carbocycles. The summed E-state index contributed by atoms with van der Waals surface area (Å²) in [5, 5.41) is 0. The molecule has 136 valence electrons. The second-order valence-corrected chi connectivity index (χ2v) is 10.4. The van der Waals surface area contributed by atoms with E-state index in [2.05, 4.69) is 25.6 Å². The molecule has 2 fully saturated rings. The Morgan fingerprint density at radius 3 is 1.22 bits per heavy atom. The Hall–Kier alpha value is 0.350. The minimum absolute atomic E-state index is 0.643. The van der Waals surface area contributed by atoms with Gasteiger partial charge in [-0.2, -0.15) is 0 Å². The van der Waals surface area contributed by atoms with Gasteiger partial charge in [0.25, 0.3) is 0 Å². The van der Waals surface area contributed by atoms with Crippen LogP contribution in [-0.4, -0.2) is 9.49 Å². The van der Waals surface area contributed by atoms with Gasteiger partial charge in [-0.05, 0) is 38.5 Å². The molecule has 0 amide bonds. The van der Waals surface area contributed by atoms with Crippen LogP contribution in [0.15, 0.2) is 0 Å². The lowest BCUT2D eigenvalue weighted by molar-refractivity contribution is 0.420. The first-order chi connectivity index (χ1) is 11.2. The van der Waals surface area contributed by atoms with E-state index in [1.807, 2.05) is 0 Å². The zero-order valence-corrected chi connectivity index (χ0v) is 17.0. The highest BCUT2D eigenvalue weighted by molar-refractivity contribution is 8.02. The molecule has 0 atom stereocenters. The molecule has 0 spiro atoms. The summed E-state index contributed by atoms with van der Waals surface area (Å²) in [6.07, 6.45) is 26.7.